The molecule has 1 aromatic carbocycles. The summed E-state index contributed by atoms with van der Waals surface area (Å²) in [4.78, 5) is 13.6. The summed E-state index contributed by atoms with van der Waals surface area (Å²) in [5.41, 5.74) is 1.81. The molecule has 1 unspecified atom stereocenters. The first kappa shape index (κ1) is 15.2. The average molecular weight is 314 g/mol. The fraction of sp³-hybridized carbons (Fsp3) is 0.500. The molecular formula is C14H20BrNO2. The summed E-state index contributed by atoms with van der Waals surface area (Å²) < 4.78 is 6.14. The van der Waals surface area contributed by atoms with Crippen LogP contribution in [-0.2, 0) is 4.74 Å². The molecule has 0 N–H and O–H groups in total. The quantitative estimate of drug-likeness (QED) is 0.753. The van der Waals surface area contributed by atoms with Crippen molar-refractivity contribution in [1.82, 2.24) is 0 Å². The molecule has 18 heavy (non-hydrogen) atoms. The average Bonchev–Trinajstić information content (AvgIpc) is 2.32. The first-order valence-corrected chi connectivity index (χ1v) is 6.86. The SMILES string of the molecule is CCN(c1ccc(C(C)=O)cc1Br)C(C)COC. The van der Waals surface area contributed by atoms with Crippen LogP contribution in [0.2, 0.25) is 0 Å². The van der Waals surface area contributed by atoms with E-state index in [0.717, 1.165) is 22.3 Å². The molecule has 4 heteroatoms. The number of ketones is 1. The van der Waals surface area contributed by atoms with Gasteiger partial charge in [-0.25, -0.2) is 0 Å². The van der Waals surface area contributed by atoms with Crippen molar-refractivity contribution in [3.8, 4) is 0 Å². The summed E-state index contributed by atoms with van der Waals surface area (Å²) in [7, 11) is 1.71. The molecule has 0 saturated heterocycles. The Morgan fingerprint density at radius 1 is 1.50 bits per heavy atom. The molecule has 1 atom stereocenters. The van der Waals surface area contributed by atoms with Crippen LogP contribution >= 0.6 is 15.9 Å². The van der Waals surface area contributed by atoms with Gasteiger partial charge in [-0.1, -0.05) is 0 Å². The maximum Gasteiger partial charge on any atom is 0.159 e. The standard InChI is InChI=1S/C14H20BrNO2/c1-5-16(10(2)9-18-4)14-7-6-12(11(3)17)8-13(14)15/h6-8,10H,5,9H2,1-4H3. The van der Waals surface area contributed by atoms with Crippen molar-refractivity contribution in [1.29, 1.82) is 0 Å². The molecule has 0 saturated carbocycles. The second-order valence-corrected chi connectivity index (χ2v) is 5.17. The van der Waals surface area contributed by atoms with Crippen LogP contribution < -0.4 is 4.90 Å². The van der Waals surface area contributed by atoms with Crippen LogP contribution in [0.4, 0.5) is 5.69 Å². The predicted molar refractivity (Wildman–Crippen MR) is 78.5 cm³/mol. The van der Waals surface area contributed by atoms with Crippen molar-refractivity contribution in [3.05, 3.63) is 28.2 Å². The Labute approximate surface area is 117 Å². The highest BCUT2D eigenvalue weighted by Crippen LogP contribution is 2.29. The molecule has 0 aliphatic carbocycles. The fourth-order valence-electron chi connectivity index (χ4n) is 2.01. The first-order chi connectivity index (χ1) is 8.51. The van der Waals surface area contributed by atoms with Gasteiger partial charge in [-0.3, -0.25) is 4.79 Å². The lowest BCUT2D eigenvalue weighted by atomic mass is 10.1. The first-order valence-electron chi connectivity index (χ1n) is 6.07. The van der Waals surface area contributed by atoms with Gasteiger partial charge in [0, 0.05) is 29.7 Å². The van der Waals surface area contributed by atoms with Gasteiger partial charge in [0.05, 0.1) is 12.3 Å². The molecule has 1 aromatic rings. The van der Waals surface area contributed by atoms with Crippen molar-refractivity contribution >= 4 is 27.4 Å². The maximum absolute atomic E-state index is 11.3. The number of ether oxygens (including phenoxy) is 1. The van der Waals surface area contributed by atoms with E-state index in [9.17, 15) is 4.79 Å². The van der Waals surface area contributed by atoms with E-state index >= 15 is 0 Å². The second kappa shape index (κ2) is 6.90. The van der Waals surface area contributed by atoms with Crippen molar-refractivity contribution in [2.75, 3.05) is 25.2 Å². The third-order valence-corrected chi connectivity index (χ3v) is 3.58. The Morgan fingerprint density at radius 2 is 2.17 bits per heavy atom. The van der Waals surface area contributed by atoms with Crippen molar-refractivity contribution < 1.29 is 9.53 Å². The van der Waals surface area contributed by atoms with Crippen LogP contribution in [0, 0.1) is 0 Å². The number of carbonyl (C=O) groups is 1. The molecule has 0 fully saturated rings. The molecule has 0 amide bonds. The maximum atomic E-state index is 11.3. The van der Waals surface area contributed by atoms with E-state index in [1.807, 2.05) is 18.2 Å². The van der Waals surface area contributed by atoms with Crippen molar-refractivity contribution in [2.45, 2.75) is 26.8 Å². The minimum absolute atomic E-state index is 0.0789. The highest BCUT2D eigenvalue weighted by molar-refractivity contribution is 9.10. The summed E-state index contributed by atoms with van der Waals surface area (Å²) in [6.07, 6.45) is 0. The van der Waals surface area contributed by atoms with Gasteiger partial charge in [0.15, 0.2) is 5.78 Å². The minimum atomic E-state index is 0.0789. The Morgan fingerprint density at radius 3 is 2.61 bits per heavy atom. The largest absolute Gasteiger partial charge is 0.383 e. The highest BCUT2D eigenvalue weighted by Gasteiger charge is 2.16. The van der Waals surface area contributed by atoms with Gasteiger partial charge >= 0.3 is 0 Å². The third kappa shape index (κ3) is 3.56. The van der Waals surface area contributed by atoms with Crippen LogP contribution in [0.25, 0.3) is 0 Å². The number of carbonyl (C=O) groups excluding carboxylic acids is 1. The Balaban J connectivity index is 3.03. The summed E-state index contributed by atoms with van der Waals surface area (Å²) >= 11 is 3.54. The molecule has 0 spiro atoms. The van der Waals surface area contributed by atoms with Crippen LogP contribution in [0.15, 0.2) is 22.7 Å². The zero-order chi connectivity index (χ0) is 13.7. The Bertz CT molecular complexity index is 420. The molecule has 0 bridgehead atoms. The predicted octanol–water partition coefficient (Wildman–Crippen LogP) is 3.51. The Kier molecular flexibility index (Phi) is 5.82. The van der Waals surface area contributed by atoms with E-state index in [2.05, 4.69) is 34.7 Å². The van der Waals surface area contributed by atoms with E-state index in [1.165, 1.54) is 0 Å². The zero-order valence-corrected chi connectivity index (χ0v) is 13.0. The molecule has 3 nitrogen and oxygen atoms in total. The van der Waals surface area contributed by atoms with Gasteiger partial charge in [0.2, 0.25) is 0 Å². The Hall–Kier alpha value is -0.870. The lowest BCUT2D eigenvalue weighted by molar-refractivity contribution is 0.101. The van der Waals surface area contributed by atoms with E-state index in [4.69, 9.17) is 4.74 Å². The summed E-state index contributed by atoms with van der Waals surface area (Å²) in [6.45, 7) is 7.37. The number of methoxy groups -OCH3 is 1. The van der Waals surface area contributed by atoms with Gasteiger partial charge < -0.3 is 9.64 Å². The molecule has 1 rings (SSSR count). The van der Waals surface area contributed by atoms with Gasteiger partial charge in [-0.15, -0.1) is 0 Å². The normalized spacial score (nSPS) is 12.3. The molecule has 0 aromatic heterocycles. The number of hydrogen-bond acceptors (Lipinski definition) is 3. The minimum Gasteiger partial charge on any atom is -0.383 e. The topological polar surface area (TPSA) is 29.5 Å². The van der Waals surface area contributed by atoms with E-state index in [0.29, 0.717) is 12.6 Å². The lowest BCUT2D eigenvalue weighted by Crippen LogP contribution is -2.36. The van der Waals surface area contributed by atoms with Crippen LogP contribution in [-0.4, -0.2) is 32.1 Å². The van der Waals surface area contributed by atoms with Gasteiger partial charge in [0.25, 0.3) is 0 Å². The number of nitrogens with zero attached hydrogens (tertiary/aromatic N) is 1. The number of likely N-dealkylation sites (N-methyl/N-ethyl adjacent to an activating group) is 1. The van der Waals surface area contributed by atoms with Crippen LogP contribution in [0.3, 0.4) is 0 Å². The molecule has 100 valence electrons. The number of rotatable bonds is 6. The number of anilines is 1. The van der Waals surface area contributed by atoms with Gasteiger partial charge in [-0.05, 0) is 54.9 Å². The number of benzene rings is 1. The smallest absolute Gasteiger partial charge is 0.159 e. The van der Waals surface area contributed by atoms with Gasteiger partial charge in [0.1, 0.15) is 0 Å². The summed E-state index contributed by atoms with van der Waals surface area (Å²) in [6, 6.07) is 6.01. The monoisotopic (exact) mass is 313 g/mol. The zero-order valence-electron chi connectivity index (χ0n) is 11.4. The summed E-state index contributed by atoms with van der Waals surface area (Å²) in [5.74, 6) is 0.0789. The number of hydrogen-bond donors (Lipinski definition) is 0. The molecule has 0 aliphatic heterocycles. The molecule has 0 radical (unpaired) electrons. The van der Waals surface area contributed by atoms with Crippen LogP contribution in [0.1, 0.15) is 31.1 Å². The van der Waals surface area contributed by atoms with E-state index in [-0.39, 0.29) is 5.78 Å². The third-order valence-electron chi connectivity index (χ3n) is 2.94. The number of Topliss-reactive ketones (excluding diaryl/α,β-unsaturated/α-hetero) is 1. The van der Waals surface area contributed by atoms with E-state index in [1.54, 1.807) is 14.0 Å². The van der Waals surface area contributed by atoms with Crippen LogP contribution in [0.5, 0.6) is 0 Å². The molecule has 0 heterocycles. The highest BCUT2D eigenvalue weighted by atomic mass is 79.9. The second-order valence-electron chi connectivity index (χ2n) is 4.31. The lowest BCUT2D eigenvalue weighted by Gasteiger charge is -2.30. The number of halogens is 1. The molecular weight excluding hydrogens is 294 g/mol. The van der Waals surface area contributed by atoms with Crippen molar-refractivity contribution in [3.63, 3.8) is 0 Å². The fourth-order valence-corrected chi connectivity index (χ4v) is 2.62. The van der Waals surface area contributed by atoms with Gasteiger partial charge in [-0.2, -0.15) is 0 Å². The van der Waals surface area contributed by atoms with E-state index < -0.39 is 0 Å². The van der Waals surface area contributed by atoms with Crippen molar-refractivity contribution in [2.24, 2.45) is 0 Å². The molecule has 0 aliphatic rings. The summed E-state index contributed by atoms with van der Waals surface area (Å²) in [5, 5.41) is 0.